The van der Waals surface area contributed by atoms with Crippen LogP contribution in [0, 0.1) is 24.6 Å². The average Bonchev–Trinajstić information content (AvgIpc) is 3.67. The summed E-state index contributed by atoms with van der Waals surface area (Å²) in [7, 11) is 0. The Kier molecular flexibility index (Phi) is 7.58. The number of pyridine rings is 1. The van der Waals surface area contributed by atoms with Crippen molar-refractivity contribution in [1.82, 2.24) is 15.0 Å². The molecule has 1 atom stereocenters. The van der Waals surface area contributed by atoms with Gasteiger partial charge in [-0.15, -0.1) is 0 Å². The Morgan fingerprint density at radius 1 is 1.17 bits per heavy atom. The molecule has 184 valence electrons. The molecular formula is C27H30FN3O4. The minimum atomic E-state index is -0.793. The van der Waals surface area contributed by atoms with Crippen molar-refractivity contribution in [2.45, 2.75) is 52.6 Å². The van der Waals surface area contributed by atoms with Crippen LogP contribution in [-0.2, 0) is 11.4 Å². The summed E-state index contributed by atoms with van der Waals surface area (Å²) in [5.74, 6) is 0.243. The number of halogens is 1. The molecule has 0 unspecified atom stereocenters. The van der Waals surface area contributed by atoms with Crippen molar-refractivity contribution in [3.8, 4) is 22.9 Å². The van der Waals surface area contributed by atoms with Crippen molar-refractivity contribution in [1.29, 1.82) is 0 Å². The molecule has 0 spiro atoms. The molecule has 1 saturated carbocycles. The highest BCUT2D eigenvalue weighted by Gasteiger charge is 2.33. The van der Waals surface area contributed by atoms with E-state index >= 15 is 0 Å². The molecule has 2 aromatic heterocycles. The molecule has 0 amide bonds. The van der Waals surface area contributed by atoms with E-state index in [1.807, 2.05) is 38.1 Å². The van der Waals surface area contributed by atoms with Crippen molar-refractivity contribution in [3.63, 3.8) is 0 Å². The smallest absolute Gasteiger partial charge is 0.303 e. The number of carboxylic acids is 1. The van der Waals surface area contributed by atoms with Gasteiger partial charge in [0.2, 0.25) is 5.88 Å². The predicted octanol–water partition coefficient (Wildman–Crippen LogP) is 5.57. The molecule has 8 heteroatoms. The van der Waals surface area contributed by atoms with Gasteiger partial charge in [-0.2, -0.15) is 0 Å². The highest BCUT2D eigenvalue weighted by Crippen LogP contribution is 2.45. The molecule has 2 heterocycles. The second-order valence-electron chi connectivity index (χ2n) is 9.43. The molecule has 0 radical (unpaired) electrons. The van der Waals surface area contributed by atoms with Crippen LogP contribution in [0.25, 0.3) is 11.3 Å². The second-order valence-corrected chi connectivity index (χ2v) is 9.43. The Labute approximate surface area is 204 Å². The highest BCUT2D eigenvalue weighted by atomic mass is 19.1. The summed E-state index contributed by atoms with van der Waals surface area (Å²) in [5.41, 5.74) is 2.78. The number of aryl methyl sites for hydroxylation is 1. The lowest BCUT2D eigenvalue weighted by Crippen LogP contribution is -2.10. The third kappa shape index (κ3) is 6.53. The number of hydrogen-bond donors (Lipinski definition) is 1. The van der Waals surface area contributed by atoms with Gasteiger partial charge in [0.05, 0.1) is 25.4 Å². The van der Waals surface area contributed by atoms with Crippen LogP contribution >= 0.6 is 0 Å². The van der Waals surface area contributed by atoms with Crippen LogP contribution in [0.3, 0.4) is 0 Å². The van der Waals surface area contributed by atoms with Crippen LogP contribution in [0.4, 0.5) is 4.39 Å². The van der Waals surface area contributed by atoms with Crippen molar-refractivity contribution < 1.29 is 23.8 Å². The van der Waals surface area contributed by atoms with Crippen molar-refractivity contribution in [2.75, 3.05) is 6.61 Å². The molecule has 3 aromatic rings. The third-order valence-electron chi connectivity index (χ3n) is 5.85. The van der Waals surface area contributed by atoms with Gasteiger partial charge < -0.3 is 14.6 Å². The van der Waals surface area contributed by atoms with Crippen molar-refractivity contribution in [2.24, 2.45) is 11.8 Å². The summed E-state index contributed by atoms with van der Waals surface area (Å²) in [5, 5.41) is 9.30. The summed E-state index contributed by atoms with van der Waals surface area (Å²) in [6, 6.07) is 9.19. The van der Waals surface area contributed by atoms with Gasteiger partial charge in [0.15, 0.2) is 5.82 Å². The molecule has 4 rings (SSSR count). The highest BCUT2D eigenvalue weighted by molar-refractivity contribution is 5.68. The Bertz CT molecular complexity index is 1200. The van der Waals surface area contributed by atoms with E-state index in [0.717, 1.165) is 18.4 Å². The van der Waals surface area contributed by atoms with E-state index in [1.165, 1.54) is 6.20 Å². The molecule has 35 heavy (non-hydrogen) atoms. The lowest BCUT2D eigenvalue weighted by Gasteiger charge is -2.16. The van der Waals surface area contributed by atoms with E-state index in [4.69, 9.17) is 9.47 Å². The molecule has 1 aromatic carbocycles. The van der Waals surface area contributed by atoms with Gasteiger partial charge in [-0.3, -0.25) is 9.78 Å². The minimum absolute atomic E-state index is 0.00937. The van der Waals surface area contributed by atoms with Gasteiger partial charge in [-0.05, 0) is 61.3 Å². The maximum atomic E-state index is 14.5. The minimum Gasteiger partial charge on any atom is -0.487 e. The number of nitrogens with zero attached hydrogens (tertiary/aromatic N) is 3. The van der Waals surface area contributed by atoms with E-state index in [1.54, 1.807) is 19.2 Å². The molecule has 0 aliphatic heterocycles. The summed E-state index contributed by atoms with van der Waals surface area (Å²) in [4.78, 5) is 24.3. The zero-order valence-corrected chi connectivity index (χ0v) is 20.2. The fourth-order valence-corrected chi connectivity index (χ4v) is 3.97. The Morgan fingerprint density at radius 3 is 2.69 bits per heavy atom. The number of carbonyl (C=O) groups is 1. The lowest BCUT2D eigenvalue weighted by molar-refractivity contribution is -0.137. The van der Waals surface area contributed by atoms with Crippen molar-refractivity contribution >= 4 is 5.97 Å². The molecular weight excluding hydrogens is 449 g/mol. The maximum Gasteiger partial charge on any atom is 0.303 e. The van der Waals surface area contributed by atoms with E-state index in [9.17, 15) is 14.3 Å². The van der Waals surface area contributed by atoms with Crippen LogP contribution in [0.5, 0.6) is 11.6 Å². The number of carboxylic acid groups (broad SMARTS) is 1. The molecule has 0 bridgehead atoms. The largest absolute Gasteiger partial charge is 0.487 e. The van der Waals surface area contributed by atoms with E-state index in [-0.39, 0.29) is 36.3 Å². The van der Waals surface area contributed by atoms with Gasteiger partial charge in [-0.1, -0.05) is 26.0 Å². The standard InChI is InChI=1S/C27H30FN3O4/c1-16(2)14-35-27-26(23-9-17(3)29-13-24(23)28)30-12-20(31-27)15-34-21-6-4-5-19(10-21)22(11-25(32)33)18-7-8-18/h4-6,9-10,12-13,16,18,22H,7-8,11,14-15H2,1-3H3,(H,32,33)/t22-/m0/s1. The third-order valence-corrected chi connectivity index (χ3v) is 5.85. The van der Waals surface area contributed by atoms with Crippen LogP contribution in [0.15, 0.2) is 42.7 Å². The van der Waals surface area contributed by atoms with Gasteiger partial charge in [-0.25, -0.2) is 14.4 Å². The number of ether oxygens (including phenoxy) is 2. The molecule has 1 aliphatic rings. The summed E-state index contributed by atoms with van der Waals surface area (Å²) in [6.45, 7) is 6.37. The monoisotopic (exact) mass is 479 g/mol. The van der Waals surface area contributed by atoms with Crippen LogP contribution in [0.1, 0.15) is 56.0 Å². The topological polar surface area (TPSA) is 94.4 Å². The van der Waals surface area contributed by atoms with Gasteiger partial charge in [0.1, 0.15) is 23.7 Å². The first-order valence-corrected chi connectivity index (χ1v) is 11.9. The quantitative estimate of drug-likeness (QED) is 0.384. The molecule has 1 aliphatic carbocycles. The molecule has 0 saturated heterocycles. The summed E-state index contributed by atoms with van der Waals surface area (Å²) >= 11 is 0. The van der Waals surface area contributed by atoms with Crippen LogP contribution < -0.4 is 9.47 Å². The zero-order chi connectivity index (χ0) is 24.9. The normalized spacial score (nSPS) is 14.1. The van der Waals surface area contributed by atoms with Gasteiger partial charge >= 0.3 is 5.97 Å². The first-order valence-electron chi connectivity index (χ1n) is 11.9. The Morgan fingerprint density at radius 2 is 1.97 bits per heavy atom. The molecule has 1 fully saturated rings. The maximum absolute atomic E-state index is 14.5. The first kappa shape index (κ1) is 24.6. The number of hydrogen-bond acceptors (Lipinski definition) is 6. The van der Waals surface area contributed by atoms with Crippen LogP contribution in [0.2, 0.25) is 0 Å². The SMILES string of the molecule is Cc1cc(-c2ncc(COc3cccc([C@@H](CC(=O)O)C4CC4)c3)nc2OCC(C)C)c(F)cn1. The second kappa shape index (κ2) is 10.8. The first-order chi connectivity index (χ1) is 16.8. The van der Waals surface area contributed by atoms with E-state index < -0.39 is 11.8 Å². The Hall–Kier alpha value is -3.55. The van der Waals surface area contributed by atoms with Gasteiger partial charge in [0, 0.05) is 11.3 Å². The van der Waals surface area contributed by atoms with E-state index in [0.29, 0.717) is 35.4 Å². The van der Waals surface area contributed by atoms with Crippen molar-refractivity contribution in [3.05, 3.63) is 65.5 Å². The number of aliphatic carboxylic acids is 1. The zero-order valence-electron chi connectivity index (χ0n) is 20.2. The fourth-order valence-electron chi connectivity index (χ4n) is 3.97. The Balaban J connectivity index is 1.54. The van der Waals surface area contributed by atoms with Gasteiger partial charge in [0.25, 0.3) is 0 Å². The predicted molar refractivity (Wildman–Crippen MR) is 129 cm³/mol. The van der Waals surface area contributed by atoms with Crippen LogP contribution in [-0.4, -0.2) is 32.6 Å². The number of rotatable bonds is 11. The van der Waals surface area contributed by atoms with E-state index in [2.05, 4.69) is 15.0 Å². The summed E-state index contributed by atoms with van der Waals surface area (Å²) in [6.07, 6.45) is 4.95. The average molecular weight is 480 g/mol. The molecule has 7 nitrogen and oxygen atoms in total. The fraction of sp³-hybridized carbons (Fsp3) is 0.407. The number of aromatic nitrogens is 3. The number of benzene rings is 1. The summed E-state index contributed by atoms with van der Waals surface area (Å²) < 4.78 is 26.4. The molecule has 1 N–H and O–H groups in total. The lowest BCUT2D eigenvalue weighted by atomic mass is 9.91.